The molecule has 0 saturated carbocycles. The summed E-state index contributed by atoms with van der Waals surface area (Å²) in [6.45, 7) is 3.72. The van der Waals surface area contributed by atoms with Gasteiger partial charge in [-0.05, 0) is 25.5 Å². The summed E-state index contributed by atoms with van der Waals surface area (Å²) in [6, 6.07) is 8.83. The van der Waals surface area contributed by atoms with Crippen LogP contribution in [0, 0.1) is 13.8 Å². The van der Waals surface area contributed by atoms with Crippen molar-refractivity contribution in [2.75, 3.05) is 0 Å². The second-order valence-corrected chi connectivity index (χ2v) is 7.62. The molecule has 0 atom stereocenters. The zero-order chi connectivity index (χ0) is 18.2. The molecule has 0 spiro atoms. The SMILES string of the molecule is Cc1ccc(CC(=O)NS(=O)(=O)c2cnc3c(c2)c(C)nn3C)cc1. The van der Waals surface area contributed by atoms with Crippen molar-refractivity contribution in [1.29, 1.82) is 0 Å². The van der Waals surface area contributed by atoms with E-state index in [-0.39, 0.29) is 11.3 Å². The molecule has 0 saturated heterocycles. The Balaban J connectivity index is 1.82. The summed E-state index contributed by atoms with van der Waals surface area (Å²) in [5.41, 5.74) is 3.08. The van der Waals surface area contributed by atoms with E-state index in [0.717, 1.165) is 11.1 Å². The Bertz CT molecular complexity index is 1050. The van der Waals surface area contributed by atoms with Crippen molar-refractivity contribution < 1.29 is 13.2 Å². The second kappa shape index (κ2) is 6.29. The lowest BCUT2D eigenvalue weighted by Crippen LogP contribution is -2.31. The summed E-state index contributed by atoms with van der Waals surface area (Å²) >= 11 is 0. The first-order valence-corrected chi connectivity index (χ1v) is 9.15. The molecule has 0 bridgehead atoms. The third-order valence-corrected chi connectivity index (χ3v) is 5.22. The molecular formula is C17H18N4O3S. The van der Waals surface area contributed by atoms with Gasteiger partial charge in [0.2, 0.25) is 5.91 Å². The number of aromatic nitrogens is 3. The van der Waals surface area contributed by atoms with Crippen LogP contribution in [-0.4, -0.2) is 29.1 Å². The summed E-state index contributed by atoms with van der Waals surface area (Å²) in [6.07, 6.45) is 1.21. The minimum atomic E-state index is -3.99. The highest BCUT2D eigenvalue weighted by molar-refractivity contribution is 7.90. The molecule has 1 N–H and O–H groups in total. The summed E-state index contributed by atoms with van der Waals surface area (Å²) in [5.74, 6) is -0.591. The Morgan fingerprint density at radius 3 is 2.56 bits per heavy atom. The van der Waals surface area contributed by atoms with E-state index in [0.29, 0.717) is 16.7 Å². The van der Waals surface area contributed by atoms with Gasteiger partial charge in [0.05, 0.1) is 12.1 Å². The van der Waals surface area contributed by atoms with E-state index in [2.05, 4.69) is 14.8 Å². The molecule has 0 aliphatic heterocycles. The Morgan fingerprint density at radius 2 is 1.88 bits per heavy atom. The molecule has 1 aromatic carbocycles. The lowest BCUT2D eigenvalue weighted by molar-refractivity contribution is -0.118. The van der Waals surface area contributed by atoms with Crippen LogP contribution in [0.3, 0.4) is 0 Å². The van der Waals surface area contributed by atoms with Crippen LogP contribution in [0.25, 0.3) is 11.0 Å². The van der Waals surface area contributed by atoms with Gasteiger partial charge < -0.3 is 0 Å². The van der Waals surface area contributed by atoms with Gasteiger partial charge in [0.1, 0.15) is 4.90 Å². The standard InChI is InChI=1S/C17H18N4O3S/c1-11-4-6-13(7-5-11)8-16(22)20-25(23,24)14-9-15-12(2)19-21(3)17(15)18-10-14/h4-7,9-10H,8H2,1-3H3,(H,20,22). The number of amides is 1. The third kappa shape index (κ3) is 3.53. The van der Waals surface area contributed by atoms with Crippen LogP contribution in [0.4, 0.5) is 0 Å². The lowest BCUT2D eigenvalue weighted by atomic mass is 10.1. The maximum Gasteiger partial charge on any atom is 0.265 e. The second-order valence-electron chi connectivity index (χ2n) is 5.94. The van der Waals surface area contributed by atoms with Gasteiger partial charge in [0.25, 0.3) is 10.0 Å². The van der Waals surface area contributed by atoms with Gasteiger partial charge in [0, 0.05) is 18.6 Å². The first-order chi connectivity index (χ1) is 11.8. The van der Waals surface area contributed by atoms with Gasteiger partial charge in [0.15, 0.2) is 5.65 Å². The molecule has 3 aromatic rings. The summed E-state index contributed by atoms with van der Waals surface area (Å²) in [5, 5.41) is 4.84. The van der Waals surface area contributed by atoms with Crippen LogP contribution in [0.15, 0.2) is 41.4 Å². The van der Waals surface area contributed by atoms with Crippen molar-refractivity contribution in [3.05, 3.63) is 53.3 Å². The van der Waals surface area contributed by atoms with Crippen LogP contribution in [-0.2, 0) is 28.3 Å². The minimum absolute atomic E-state index is 0.0128. The number of sulfonamides is 1. The van der Waals surface area contributed by atoms with Gasteiger partial charge in [-0.1, -0.05) is 29.8 Å². The highest BCUT2D eigenvalue weighted by Crippen LogP contribution is 2.19. The van der Waals surface area contributed by atoms with Crippen molar-refractivity contribution in [3.63, 3.8) is 0 Å². The van der Waals surface area contributed by atoms with E-state index >= 15 is 0 Å². The fraction of sp³-hybridized carbons (Fsp3) is 0.235. The molecule has 3 rings (SSSR count). The first kappa shape index (κ1) is 17.1. The number of fused-ring (bicyclic) bond motifs is 1. The Hall–Kier alpha value is -2.74. The van der Waals surface area contributed by atoms with Crippen molar-refractivity contribution >= 4 is 27.0 Å². The number of aryl methyl sites for hydroxylation is 3. The molecule has 0 fully saturated rings. The predicted molar refractivity (Wildman–Crippen MR) is 93.5 cm³/mol. The quantitative estimate of drug-likeness (QED) is 0.765. The van der Waals surface area contributed by atoms with E-state index < -0.39 is 15.9 Å². The van der Waals surface area contributed by atoms with Gasteiger partial charge >= 0.3 is 0 Å². The van der Waals surface area contributed by atoms with Crippen LogP contribution in [0.1, 0.15) is 16.8 Å². The van der Waals surface area contributed by atoms with Gasteiger partial charge in [-0.3, -0.25) is 9.48 Å². The average molecular weight is 358 g/mol. The van der Waals surface area contributed by atoms with Crippen molar-refractivity contribution in [1.82, 2.24) is 19.5 Å². The molecule has 7 nitrogen and oxygen atoms in total. The van der Waals surface area contributed by atoms with E-state index in [1.807, 2.05) is 19.1 Å². The number of carbonyl (C=O) groups excluding carboxylic acids is 1. The number of hydrogen-bond acceptors (Lipinski definition) is 5. The van der Waals surface area contributed by atoms with Crippen LogP contribution < -0.4 is 4.72 Å². The van der Waals surface area contributed by atoms with Crippen molar-refractivity contribution in [2.24, 2.45) is 7.05 Å². The van der Waals surface area contributed by atoms with E-state index in [1.165, 1.54) is 12.3 Å². The number of benzene rings is 1. The maximum absolute atomic E-state index is 12.4. The molecule has 2 aromatic heterocycles. The smallest absolute Gasteiger partial charge is 0.265 e. The fourth-order valence-electron chi connectivity index (χ4n) is 2.57. The number of carbonyl (C=O) groups is 1. The number of rotatable bonds is 4. The van der Waals surface area contributed by atoms with Gasteiger partial charge in [-0.15, -0.1) is 0 Å². The number of pyridine rings is 1. The van der Waals surface area contributed by atoms with E-state index in [1.54, 1.807) is 30.8 Å². The number of hydrogen-bond donors (Lipinski definition) is 1. The molecule has 130 valence electrons. The maximum atomic E-state index is 12.4. The van der Waals surface area contributed by atoms with Gasteiger partial charge in [-0.25, -0.2) is 18.1 Å². The molecule has 0 radical (unpaired) electrons. The number of nitrogens with zero attached hydrogens (tertiary/aromatic N) is 3. The van der Waals surface area contributed by atoms with Crippen molar-refractivity contribution in [3.8, 4) is 0 Å². The normalized spacial score (nSPS) is 11.6. The molecule has 1 amide bonds. The number of nitrogens with one attached hydrogen (secondary N) is 1. The zero-order valence-corrected chi connectivity index (χ0v) is 15.0. The Kier molecular flexibility index (Phi) is 4.30. The monoisotopic (exact) mass is 358 g/mol. The summed E-state index contributed by atoms with van der Waals surface area (Å²) in [7, 11) is -2.25. The van der Waals surface area contributed by atoms with E-state index in [9.17, 15) is 13.2 Å². The lowest BCUT2D eigenvalue weighted by Gasteiger charge is -2.07. The molecule has 2 heterocycles. The highest BCUT2D eigenvalue weighted by atomic mass is 32.2. The van der Waals surface area contributed by atoms with Gasteiger partial charge in [-0.2, -0.15) is 5.10 Å². The molecule has 8 heteroatoms. The first-order valence-electron chi connectivity index (χ1n) is 7.67. The fourth-order valence-corrected chi connectivity index (χ4v) is 3.53. The zero-order valence-electron chi connectivity index (χ0n) is 14.1. The average Bonchev–Trinajstić information content (AvgIpc) is 2.83. The highest BCUT2D eigenvalue weighted by Gasteiger charge is 2.20. The van der Waals surface area contributed by atoms with Crippen LogP contribution in [0.5, 0.6) is 0 Å². The van der Waals surface area contributed by atoms with E-state index in [4.69, 9.17) is 0 Å². The summed E-state index contributed by atoms with van der Waals surface area (Å²) < 4.78 is 28.6. The molecular weight excluding hydrogens is 340 g/mol. The molecule has 25 heavy (non-hydrogen) atoms. The third-order valence-electron chi connectivity index (χ3n) is 3.88. The van der Waals surface area contributed by atoms with Crippen LogP contribution in [0.2, 0.25) is 0 Å². The molecule has 0 aliphatic carbocycles. The topological polar surface area (TPSA) is 93.9 Å². The predicted octanol–water partition coefficient (Wildman–Crippen LogP) is 1.63. The Labute approximate surface area is 145 Å². The summed E-state index contributed by atoms with van der Waals surface area (Å²) in [4.78, 5) is 16.2. The van der Waals surface area contributed by atoms with Crippen LogP contribution >= 0.6 is 0 Å². The van der Waals surface area contributed by atoms with Crippen molar-refractivity contribution in [2.45, 2.75) is 25.2 Å². The Morgan fingerprint density at radius 1 is 1.20 bits per heavy atom. The molecule has 0 unspecified atom stereocenters. The minimum Gasteiger partial charge on any atom is -0.274 e. The molecule has 0 aliphatic rings. The largest absolute Gasteiger partial charge is 0.274 e.